The number of rotatable bonds is 3. The van der Waals surface area contributed by atoms with Crippen molar-refractivity contribution in [2.75, 3.05) is 11.9 Å². The summed E-state index contributed by atoms with van der Waals surface area (Å²) in [4.78, 5) is 2.16. The maximum absolute atomic E-state index is 8.76. The van der Waals surface area contributed by atoms with Gasteiger partial charge in [0.05, 0.1) is 10.6 Å². The molecule has 0 aliphatic rings. The summed E-state index contributed by atoms with van der Waals surface area (Å²) < 4.78 is 0. The Balaban J connectivity index is 2.98. The molecule has 0 saturated heterocycles. The molecule has 1 aromatic rings. The molecule has 1 aromatic carbocycles. The Labute approximate surface area is 96.1 Å². The summed E-state index contributed by atoms with van der Waals surface area (Å²) in [5.41, 5.74) is 1.58. The van der Waals surface area contributed by atoms with Crippen LogP contribution < -0.4 is 4.90 Å². The Morgan fingerprint density at radius 3 is 2.67 bits per heavy atom. The highest BCUT2D eigenvalue weighted by Crippen LogP contribution is 2.24. The van der Waals surface area contributed by atoms with Crippen molar-refractivity contribution in [2.24, 2.45) is 0 Å². The maximum atomic E-state index is 8.76. The molecule has 0 aliphatic heterocycles. The molecule has 0 saturated carbocycles. The number of anilines is 1. The van der Waals surface area contributed by atoms with Gasteiger partial charge in [0.1, 0.15) is 6.07 Å². The molecule has 0 spiro atoms. The summed E-state index contributed by atoms with van der Waals surface area (Å²) in [6.45, 7) is 4.30. The second kappa shape index (κ2) is 5.04. The van der Waals surface area contributed by atoms with Crippen LogP contribution in [0.2, 0.25) is 5.02 Å². The van der Waals surface area contributed by atoms with Gasteiger partial charge in [-0.15, -0.1) is 0 Å². The Morgan fingerprint density at radius 1 is 1.53 bits per heavy atom. The van der Waals surface area contributed by atoms with Crippen molar-refractivity contribution < 1.29 is 0 Å². The van der Waals surface area contributed by atoms with Gasteiger partial charge in [-0.05, 0) is 31.5 Å². The van der Waals surface area contributed by atoms with Crippen LogP contribution in [0.4, 0.5) is 5.69 Å². The molecule has 0 aliphatic carbocycles. The number of nitriles is 1. The number of nitrogens with zero attached hydrogens (tertiary/aromatic N) is 2. The van der Waals surface area contributed by atoms with Gasteiger partial charge in [0, 0.05) is 18.8 Å². The van der Waals surface area contributed by atoms with Crippen molar-refractivity contribution >= 4 is 17.3 Å². The molecule has 1 atom stereocenters. The van der Waals surface area contributed by atoms with Crippen LogP contribution in [0.25, 0.3) is 0 Å². The van der Waals surface area contributed by atoms with Gasteiger partial charge in [0.15, 0.2) is 0 Å². The number of halogens is 1. The van der Waals surface area contributed by atoms with Gasteiger partial charge in [0.2, 0.25) is 0 Å². The topological polar surface area (TPSA) is 27.0 Å². The van der Waals surface area contributed by atoms with Crippen molar-refractivity contribution in [3.63, 3.8) is 0 Å². The van der Waals surface area contributed by atoms with Crippen LogP contribution in [-0.2, 0) is 0 Å². The first-order chi connectivity index (χ1) is 7.10. The Hall–Kier alpha value is -1.20. The van der Waals surface area contributed by atoms with Crippen LogP contribution in [0, 0.1) is 11.3 Å². The third-order valence-corrected chi connectivity index (χ3v) is 3.05. The summed E-state index contributed by atoms with van der Waals surface area (Å²) in [6, 6.07) is 8.05. The van der Waals surface area contributed by atoms with Crippen molar-refractivity contribution in [1.29, 1.82) is 5.26 Å². The van der Waals surface area contributed by atoms with Crippen molar-refractivity contribution in [3.8, 4) is 6.07 Å². The fourth-order valence-corrected chi connectivity index (χ4v) is 1.56. The lowest BCUT2D eigenvalue weighted by Gasteiger charge is -2.26. The molecule has 0 N–H and O–H groups in total. The van der Waals surface area contributed by atoms with E-state index >= 15 is 0 Å². The number of hydrogen-bond donors (Lipinski definition) is 0. The molecule has 1 rings (SSSR count). The fraction of sp³-hybridized carbons (Fsp3) is 0.417. The lowest BCUT2D eigenvalue weighted by Crippen LogP contribution is -2.27. The molecule has 0 aromatic heterocycles. The molecule has 15 heavy (non-hydrogen) atoms. The van der Waals surface area contributed by atoms with E-state index in [1.807, 2.05) is 19.2 Å². The van der Waals surface area contributed by atoms with E-state index in [1.165, 1.54) is 0 Å². The van der Waals surface area contributed by atoms with E-state index in [2.05, 4.69) is 24.8 Å². The molecular weight excluding hydrogens is 208 g/mol. The second-order valence-electron chi connectivity index (χ2n) is 3.64. The Morgan fingerprint density at radius 2 is 2.20 bits per heavy atom. The average molecular weight is 223 g/mol. The summed E-state index contributed by atoms with van der Waals surface area (Å²) >= 11 is 5.97. The zero-order chi connectivity index (χ0) is 11.4. The summed E-state index contributed by atoms with van der Waals surface area (Å²) in [5.74, 6) is 0. The average Bonchev–Trinajstić information content (AvgIpc) is 2.26. The first-order valence-electron chi connectivity index (χ1n) is 5.02. The molecular formula is C12H15ClN2. The third-order valence-electron chi connectivity index (χ3n) is 2.73. The maximum Gasteiger partial charge on any atom is 0.101 e. The van der Waals surface area contributed by atoms with Crippen molar-refractivity contribution in [2.45, 2.75) is 26.3 Å². The Kier molecular flexibility index (Phi) is 3.99. The largest absolute Gasteiger partial charge is 0.372 e. The molecule has 80 valence electrons. The van der Waals surface area contributed by atoms with E-state index < -0.39 is 0 Å². The van der Waals surface area contributed by atoms with Crippen LogP contribution in [-0.4, -0.2) is 13.1 Å². The van der Waals surface area contributed by atoms with Crippen LogP contribution in [0.3, 0.4) is 0 Å². The Bertz CT molecular complexity index is 382. The number of hydrogen-bond acceptors (Lipinski definition) is 2. The van der Waals surface area contributed by atoms with Gasteiger partial charge in [-0.3, -0.25) is 0 Å². The number of benzene rings is 1. The molecule has 0 unspecified atom stereocenters. The van der Waals surface area contributed by atoms with E-state index in [1.54, 1.807) is 6.07 Å². The molecule has 0 bridgehead atoms. The SMILES string of the molecule is CC[C@@H](C)N(C)c1ccc(C#N)c(Cl)c1. The minimum atomic E-state index is 0.467. The molecule has 0 amide bonds. The highest BCUT2D eigenvalue weighted by molar-refractivity contribution is 6.32. The van der Waals surface area contributed by atoms with Gasteiger partial charge in [-0.25, -0.2) is 0 Å². The summed E-state index contributed by atoms with van der Waals surface area (Å²) in [6.07, 6.45) is 1.08. The van der Waals surface area contributed by atoms with Gasteiger partial charge < -0.3 is 4.90 Å². The molecule has 0 heterocycles. The highest BCUT2D eigenvalue weighted by atomic mass is 35.5. The van der Waals surface area contributed by atoms with E-state index in [-0.39, 0.29) is 0 Å². The van der Waals surface area contributed by atoms with E-state index in [4.69, 9.17) is 16.9 Å². The van der Waals surface area contributed by atoms with E-state index in [9.17, 15) is 0 Å². The van der Waals surface area contributed by atoms with Crippen molar-refractivity contribution in [1.82, 2.24) is 0 Å². The molecule has 0 radical (unpaired) electrons. The minimum absolute atomic E-state index is 0.467. The van der Waals surface area contributed by atoms with E-state index in [0.29, 0.717) is 16.6 Å². The molecule has 0 fully saturated rings. The smallest absolute Gasteiger partial charge is 0.101 e. The first kappa shape index (κ1) is 11.9. The van der Waals surface area contributed by atoms with Gasteiger partial charge in [-0.2, -0.15) is 5.26 Å². The molecule has 2 nitrogen and oxygen atoms in total. The van der Waals surface area contributed by atoms with Gasteiger partial charge in [-0.1, -0.05) is 18.5 Å². The standard InChI is InChI=1S/C12H15ClN2/c1-4-9(2)15(3)11-6-5-10(8-14)12(13)7-11/h5-7,9H,4H2,1-3H3/t9-/m1/s1. The highest BCUT2D eigenvalue weighted by Gasteiger charge is 2.09. The monoisotopic (exact) mass is 222 g/mol. The normalized spacial score (nSPS) is 11.9. The zero-order valence-corrected chi connectivity index (χ0v) is 10.0. The van der Waals surface area contributed by atoms with Gasteiger partial charge >= 0.3 is 0 Å². The quantitative estimate of drug-likeness (QED) is 0.784. The van der Waals surface area contributed by atoms with Crippen LogP contribution >= 0.6 is 11.6 Å². The second-order valence-corrected chi connectivity index (χ2v) is 4.05. The fourth-order valence-electron chi connectivity index (χ4n) is 1.34. The predicted molar refractivity (Wildman–Crippen MR) is 64.3 cm³/mol. The van der Waals surface area contributed by atoms with Crippen molar-refractivity contribution in [3.05, 3.63) is 28.8 Å². The first-order valence-corrected chi connectivity index (χ1v) is 5.40. The lowest BCUT2D eigenvalue weighted by molar-refractivity contribution is 0.664. The van der Waals surface area contributed by atoms with Crippen LogP contribution in [0.5, 0.6) is 0 Å². The predicted octanol–water partition coefficient (Wildman–Crippen LogP) is 3.45. The summed E-state index contributed by atoms with van der Waals surface area (Å²) in [7, 11) is 2.03. The van der Waals surface area contributed by atoms with Crippen LogP contribution in [0.1, 0.15) is 25.8 Å². The minimum Gasteiger partial charge on any atom is -0.372 e. The van der Waals surface area contributed by atoms with Gasteiger partial charge in [0.25, 0.3) is 0 Å². The van der Waals surface area contributed by atoms with E-state index in [0.717, 1.165) is 12.1 Å². The molecule has 3 heteroatoms. The van der Waals surface area contributed by atoms with Crippen LogP contribution in [0.15, 0.2) is 18.2 Å². The lowest BCUT2D eigenvalue weighted by atomic mass is 10.1. The summed E-state index contributed by atoms with van der Waals surface area (Å²) in [5, 5.41) is 9.27. The third kappa shape index (κ3) is 2.64. The zero-order valence-electron chi connectivity index (χ0n) is 9.29.